The minimum Gasteiger partial charge on any atom is -0.469 e. The van der Waals surface area contributed by atoms with Gasteiger partial charge in [0.1, 0.15) is 5.76 Å². The smallest absolute Gasteiger partial charge is 0.202 e. The second-order valence-electron chi connectivity index (χ2n) is 5.74. The Balaban J connectivity index is 1.74. The fourth-order valence-corrected chi connectivity index (χ4v) is 3.80. The molecule has 2 aliphatic carbocycles. The number of Topliss-reactive ketones (excluding diaryl/α,β-unsaturated/α-hetero) is 1. The molecule has 2 bridgehead atoms. The number of imidazole rings is 1. The van der Waals surface area contributed by atoms with Gasteiger partial charge in [-0.25, -0.2) is 4.98 Å². The van der Waals surface area contributed by atoms with E-state index in [1.54, 1.807) is 17.0 Å². The summed E-state index contributed by atoms with van der Waals surface area (Å²) in [6.07, 6.45) is 10.7. The molecular formula is C16H16N2O2. The third-order valence-electron chi connectivity index (χ3n) is 4.68. The maximum absolute atomic E-state index is 12.9. The van der Waals surface area contributed by atoms with Gasteiger partial charge in [-0.1, -0.05) is 12.2 Å². The predicted molar refractivity (Wildman–Crippen MR) is 73.2 cm³/mol. The molecule has 2 aliphatic rings. The van der Waals surface area contributed by atoms with Gasteiger partial charge >= 0.3 is 0 Å². The molecule has 0 amide bonds. The Labute approximate surface area is 117 Å². The molecular weight excluding hydrogens is 252 g/mol. The van der Waals surface area contributed by atoms with Crippen LogP contribution < -0.4 is 0 Å². The molecule has 102 valence electrons. The van der Waals surface area contributed by atoms with E-state index >= 15 is 0 Å². The van der Waals surface area contributed by atoms with E-state index in [-0.39, 0.29) is 17.6 Å². The van der Waals surface area contributed by atoms with Crippen molar-refractivity contribution in [2.45, 2.75) is 12.3 Å². The van der Waals surface area contributed by atoms with Gasteiger partial charge in [-0.05, 0) is 30.4 Å². The molecule has 1 fully saturated rings. The minimum atomic E-state index is -0.0442. The van der Waals surface area contributed by atoms with E-state index in [1.165, 1.54) is 0 Å². The van der Waals surface area contributed by atoms with E-state index in [9.17, 15) is 4.79 Å². The van der Waals surface area contributed by atoms with Crippen LogP contribution in [0.15, 0.2) is 47.4 Å². The molecule has 2 heterocycles. The van der Waals surface area contributed by atoms with Gasteiger partial charge in [-0.2, -0.15) is 0 Å². The molecule has 4 nitrogen and oxygen atoms in total. The highest BCUT2D eigenvalue weighted by Crippen LogP contribution is 2.53. The highest BCUT2D eigenvalue weighted by molar-refractivity contribution is 5.96. The number of carbonyl (C=O) groups excluding carboxylic acids is 1. The fourth-order valence-electron chi connectivity index (χ4n) is 3.80. The molecule has 0 radical (unpaired) electrons. The number of allylic oxidation sites excluding steroid dienone is 2. The molecule has 0 N–H and O–H groups in total. The van der Waals surface area contributed by atoms with E-state index in [2.05, 4.69) is 17.1 Å². The van der Waals surface area contributed by atoms with Crippen LogP contribution in [0.3, 0.4) is 0 Å². The predicted octanol–water partition coefficient (Wildman–Crippen LogP) is 2.80. The van der Waals surface area contributed by atoms with Gasteiger partial charge in [0, 0.05) is 31.3 Å². The van der Waals surface area contributed by atoms with Gasteiger partial charge in [0.2, 0.25) is 5.78 Å². The molecule has 2 aromatic rings. The Bertz CT molecular complexity index is 668. The summed E-state index contributed by atoms with van der Waals surface area (Å²) in [5.74, 6) is 2.46. The summed E-state index contributed by atoms with van der Waals surface area (Å²) in [6, 6.07) is 3.88. The molecule has 0 spiro atoms. The minimum absolute atomic E-state index is 0.0442. The molecule has 0 saturated heterocycles. The van der Waals surface area contributed by atoms with Crippen molar-refractivity contribution in [1.29, 1.82) is 0 Å². The summed E-state index contributed by atoms with van der Waals surface area (Å²) in [7, 11) is 1.87. The summed E-state index contributed by atoms with van der Waals surface area (Å²) >= 11 is 0. The lowest BCUT2D eigenvalue weighted by molar-refractivity contribution is 0.0865. The largest absolute Gasteiger partial charge is 0.469 e. The number of fused-ring (bicyclic) bond motifs is 2. The van der Waals surface area contributed by atoms with Crippen LogP contribution in [0.25, 0.3) is 0 Å². The molecule has 0 aromatic carbocycles. The number of furan rings is 1. The summed E-state index contributed by atoms with van der Waals surface area (Å²) < 4.78 is 7.39. The Morgan fingerprint density at radius 3 is 2.95 bits per heavy atom. The van der Waals surface area contributed by atoms with Gasteiger partial charge < -0.3 is 8.98 Å². The van der Waals surface area contributed by atoms with Gasteiger partial charge in [0.25, 0.3) is 0 Å². The van der Waals surface area contributed by atoms with Crippen LogP contribution in [0.5, 0.6) is 0 Å². The van der Waals surface area contributed by atoms with Crippen molar-refractivity contribution in [3.05, 3.63) is 54.5 Å². The Hall–Kier alpha value is -2.10. The first-order valence-electron chi connectivity index (χ1n) is 6.99. The molecule has 0 aliphatic heterocycles. The van der Waals surface area contributed by atoms with Crippen molar-refractivity contribution in [1.82, 2.24) is 9.55 Å². The number of hydrogen-bond acceptors (Lipinski definition) is 3. The third kappa shape index (κ3) is 1.54. The highest BCUT2D eigenvalue weighted by Gasteiger charge is 2.50. The van der Waals surface area contributed by atoms with E-state index in [0.29, 0.717) is 17.7 Å². The summed E-state index contributed by atoms with van der Waals surface area (Å²) in [4.78, 5) is 17.1. The molecule has 4 rings (SSSR count). The maximum atomic E-state index is 12.9. The van der Waals surface area contributed by atoms with Crippen molar-refractivity contribution < 1.29 is 9.21 Å². The monoisotopic (exact) mass is 268 g/mol. The fraction of sp³-hybridized carbons (Fsp3) is 0.375. The van der Waals surface area contributed by atoms with E-state index in [4.69, 9.17) is 4.42 Å². The molecule has 1 saturated carbocycles. The van der Waals surface area contributed by atoms with E-state index in [1.807, 2.05) is 25.4 Å². The number of carbonyl (C=O) groups is 1. The number of aromatic nitrogens is 2. The lowest BCUT2D eigenvalue weighted by atomic mass is 9.78. The first-order valence-corrected chi connectivity index (χ1v) is 6.99. The van der Waals surface area contributed by atoms with Crippen molar-refractivity contribution >= 4 is 5.78 Å². The van der Waals surface area contributed by atoms with Gasteiger partial charge in [0.15, 0.2) is 5.82 Å². The zero-order valence-electron chi connectivity index (χ0n) is 11.3. The van der Waals surface area contributed by atoms with Crippen LogP contribution >= 0.6 is 0 Å². The van der Waals surface area contributed by atoms with Crippen LogP contribution in [0.4, 0.5) is 0 Å². The van der Waals surface area contributed by atoms with Crippen LogP contribution in [0.1, 0.15) is 28.7 Å². The maximum Gasteiger partial charge on any atom is 0.202 e. The zero-order valence-corrected chi connectivity index (χ0v) is 11.3. The lowest BCUT2D eigenvalue weighted by Crippen LogP contribution is -2.28. The molecule has 20 heavy (non-hydrogen) atoms. The van der Waals surface area contributed by atoms with Gasteiger partial charge in [-0.3, -0.25) is 4.79 Å². The summed E-state index contributed by atoms with van der Waals surface area (Å²) in [6.45, 7) is 0. The normalized spacial score (nSPS) is 31.1. The average molecular weight is 268 g/mol. The quantitative estimate of drug-likeness (QED) is 0.635. The number of nitrogens with zero attached hydrogens (tertiary/aromatic N) is 2. The number of ketones is 1. The molecule has 0 unspecified atom stereocenters. The summed E-state index contributed by atoms with van der Waals surface area (Å²) in [5.41, 5.74) is 0. The highest BCUT2D eigenvalue weighted by atomic mass is 16.3. The Morgan fingerprint density at radius 2 is 2.25 bits per heavy atom. The molecule has 4 atom stereocenters. The average Bonchev–Trinajstić information content (AvgIpc) is 3.21. The Morgan fingerprint density at radius 1 is 1.40 bits per heavy atom. The number of hydrogen-bond donors (Lipinski definition) is 0. The second-order valence-corrected chi connectivity index (χ2v) is 5.74. The third-order valence-corrected chi connectivity index (χ3v) is 4.68. The first kappa shape index (κ1) is 11.7. The SMILES string of the molecule is Cn1ccnc1C(=O)[C@H]1[C@H](c2ccco2)[C@H]2C=C[C@@H]1C2. The van der Waals surface area contributed by atoms with Crippen molar-refractivity contribution in [2.24, 2.45) is 24.8 Å². The topological polar surface area (TPSA) is 48.0 Å². The van der Waals surface area contributed by atoms with Gasteiger partial charge in [-0.15, -0.1) is 0 Å². The molecule has 4 heteroatoms. The van der Waals surface area contributed by atoms with Crippen molar-refractivity contribution in [3.8, 4) is 0 Å². The first-order chi connectivity index (χ1) is 9.75. The zero-order chi connectivity index (χ0) is 13.7. The molecule has 2 aromatic heterocycles. The lowest BCUT2D eigenvalue weighted by Gasteiger charge is -2.25. The standard InChI is InChI=1S/C16H16N2O2/c1-18-7-6-17-16(18)15(19)14-11-5-4-10(9-11)13(14)12-3-2-8-20-12/h2-8,10-11,13-14H,9H2,1H3/t10-,11+,13-,14+/m0/s1. The second kappa shape index (κ2) is 4.20. The van der Waals surface area contributed by atoms with Crippen LogP contribution in [0.2, 0.25) is 0 Å². The number of aryl methyl sites for hydroxylation is 1. The van der Waals surface area contributed by atoms with Crippen LogP contribution in [-0.2, 0) is 7.05 Å². The van der Waals surface area contributed by atoms with Crippen molar-refractivity contribution in [3.63, 3.8) is 0 Å². The Kier molecular flexibility index (Phi) is 2.46. The van der Waals surface area contributed by atoms with Crippen LogP contribution in [-0.4, -0.2) is 15.3 Å². The van der Waals surface area contributed by atoms with Crippen LogP contribution in [0, 0.1) is 17.8 Å². The summed E-state index contributed by atoms with van der Waals surface area (Å²) in [5, 5.41) is 0. The number of rotatable bonds is 3. The van der Waals surface area contributed by atoms with Crippen molar-refractivity contribution in [2.75, 3.05) is 0 Å². The van der Waals surface area contributed by atoms with E-state index < -0.39 is 0 Å². The van der Waals surface area contributed by atoms with Gasteiger partial charge in [0.05, 0.1) is 6.26 Å². The van der Waals surface area contributed by atoms with E-state index in [0.717, 1.165) is 12.2 Å².